The second-order valence-electron chi connectivity index (χ2n) is 4.95. The molecule has 0 amide bonds. The van der Waals surface area contributed by atoms with Crippen molar-refractivity contribution in [3.63, 3.8) is 0 Å². The Balaban J connectivity index is 2.01. The van der Waals surface area contributed by atoms with Crippen molar-refractivity contribution in [2.24, 2.45) is 5.92 Å². The minimum absolute atomic E-state index is 0.0729. The smallest absolute Gasteiger partial charge is 0.131 e. The molecule has 2 aromatic carbocycles. The zero-order valence-corrected chi connectivity index (χ0v) is 9.76. The van der Waals surface area contributed by atoms with Gasteiger partial charge in [-0.3, -0.25) is 0 Å². The molecule has 86 valence electrons. The summed E-state index contributed by atoms with van der Waals surface area (Å²) in [6, 6.07) is 18.6. The first-order valence-corrected chi connectivity index (χ1v) is 6.13. The average molecular weight is 233 g/mol. The molecule has 0 aromatic heterocycles. The number of ether oxygens (including phenoxy) is 1. The highest BCUT2D eigenvalue weighted by atomic mass is 16.5. The Labute approximate surface area is 105 Å². The molecule has 4 rings (SSSR count). The van der Waals surface area contributed by atoms with Gasteiger partial charge in [-0.25, -0.2) is 0 Å². The van der Waals surface area contributed by atoms with Crippen LogP contribution in [0.1, 0.15) is 17.5 Å². The predicted molar refractivity (Wildman–Crippen MR) is 67.5 cm³/mol. The van der Waals surface area contributed by atoms with Crippen LogP contribution in [0.5, 0.6) is 11.5 Å². The zero-order valence-electron chi connectivity index (χ0n) is 9.76. The van der Waals surface area contributed by atoms with Gasteiger partial charge in [0.15, 0.2) is 0 Å². The van der Waals surface area contributed by atoms with Gasteiger partial charge in [0.05, 0.1) is 12.0 Å². The maximum absolute atomic E-state index is 9.28. The average Bonchev–Trinajstić information content (AvgIpc) is 3.15. The third kappa shape index (κ3) is 1.02. The van der Waals surface area contributed by atoms with E-state index in [1.54, 1.807) is 0 Å². The molecule has 1 heterocycles. The Kier molecular flexibility index (Phi) is 1.70. The van der Waals surface area contributed by atoms with Gasteiger partial charge in [0.25, 0.3) is 0 Å². The van der Waals surface area contributed by atoms with Gasteiger partial charge in [-0.05, 0) is 18.6 Å². The highest BCUT2D eigenvalue weighted by molar-refractivity contribution is 5.63. The molecule has 2 heteroatoms. The van der Waals surface area contributed by atoms with Crippen LogP contribution in [0.25, 0.3) is 0 Å². The van der Waals surface area contributed by atoms with Crippen molar-refractivity contribution >= 4 is 0 Å². The van der Waals surface area contributed by atoms with Crippen LogP contribution in [0.15, 0.2) is 48.5 Å². The van der Waals surface area contributed by atoms with Crippen molar-refractivity contribution in [2.75, 3.05) is 0 Å². The van der Waals surface area contributed by atoms with Crippen LogP contribution >= 0.6 is 0 Å². The predicted octanol–water partition coefficient (Wildman–Crippen LogP) is 3.62. The van der Waals surface area contributed by atoms with Crippen LogP contribution in [0.3, 0.4) is 0 Å². The molecule has 1 aliphatic heterocycles. The minimum atomic E-state index is -0.125. The Morgan fingerprint density at radius 1 is 1.00 bits per heavy atom. The summed E-state index contributed by atoms with van der Waals surface area (Å²) in [5.74, 6) is 1.87. The van der Waals surface area contributed by atoms with Gasteiger partial charge in [-0.2, -0.15) is 5.26 Å². The minimum Gasteiger partial charge on any atom is -0.457 e. The van der Waals surface area contributed by atoms with Crippen LogP contribution in [0.2, 0.25) is 0 Å². The third-order valence-corrected chi connectivity index (χ3v) is 4.07. The third-order valence-electron chi connectivity index (χ3n) is 4.07. The molecule has 1 aliphatic carbocycles. The maximum atomic E-state index is 9.28. The SMILES string of the molecule is N#CC1CC12c1ccccc1Oc1ccccc12. The van der Waals surface area contributed by atoms with Gasteiger partial charge < -0.3 is 4.74 Å². The van der Waals surface area contributed by atoms with E-state index >= 15 is 0 Å². The number of rotatable bonds is 0. The first-order chi connectivity index (χ1) is 8.86. The van der Waals surface area contributed by atoms with Gasteiger partial charge in [0.1, 0.15) is 11.5 Å². The highest BCUT2D eigenvalue weighted by Crippen LogP contribution is 2.64. The normalized spacial score (nSPS) is 21.4. The standard InChI is InChI=1S/C16H11NO/c17-10-11-9-16(11)12-5-1-3-7-14(12)18-15-8-4-2-6-13(15)16/h1-8,11H,9H2. The lowest BCUT2D eigenvalue weighted by molar-refractivity contribution is 0.439. The summed E-state index contributed by atoms with van der Waals surface area (Å²) < 4.78 is 5.94. The molecule has 1 spiro atoms. The maximum Gasteiger partial charge on any atom is 0.131 e. The molecule has 0 bridgehead atoms. The van der Waals surface area contributed by atoms with E-state index in [9.17, 15) is 5.26 Å². The number of hydrogen-bond acceptors (Lipinski definition) is 2. The second-order valence-corrected chi connectivity index (χ2v) is 4.95. The van der Waals surface area contributed by atoms with Gasteiger partial charge >= 0.3 is 0 Å². The quantitative estimate of drug-likeness (QED) is 0.696. The van der Waals surface area contributed by atoms with Crippen LogP contribution in [0, 0.1) is 17.2 Å². The number of nitriles is 1. The molecule has 1 atom stereocenters. The Morgan fingerprint density at radius 2 is 1.56 bits per heavy atom. The van der Waals surface area contributed by atoms with Crippen molar-refractivity contribution < 1.29 is 4.74 Å². The fourth-order valence-electron chi connectivity index (χ4n) is 3.13. The summed E-state index contributed by atoms with van der Waals surface area (Å²) in [6.07, 6.45) is 0.904. The number of para-hydroxylation sites is 2. The number of hydrogen-bond donors (Lipinski definition) is 0. The second kappa shape index (κ2) is 3.14. The Morgan fingerprint density at radius 3 is 2.06 bits per heavy atom. The van der Waals surface area contributed by atoms with E-state index in [4.69, 9.17) is 4.74 Å². The first kappa shape index (κ1) is 9.73. The van der Waals surface area contributed by atoms with Crippen LogP contribution in [-0.2, 0) is 5.41 Å². The van der Waals surface area contributed by atoms with Gasteiger partial charge in [0, 0.05) is 16.5 Å². The summed E-state index contributed by atoms with van der Waals surface area (Å²) in [5.41, 5.74) is 2.20. The van der Waals surface area contributed by atoms with Crippen LogP contribution < -0.4 is 4.74 Å². The summed E-state index contributed by atoms with van der Waals surface area (Å²) >= 11 is 0. The molecule has 2 aliphatic rings. The lowest BCUT2D eigenvalue weighted by Crippen LogP contribution is -2.18. The van der Waals surface area contributed by atoms with Crippen LogP contribution in [-0.4, -0.2) is 0 Å². The molecule has 0 N–H and O–H groups in total. The van der Waals surface area contributed by atoms with Gasteiger partial charge in [-0.15, -0.1) is 0 Å². The Hall–Kier alpha value is -2.27. The molecule has 2 nitrogen and oxygen atoms in total. The summed E-state index contributed by atoms with van der Waals surface area (Å²) in [7, 11) is 0. The molecule has 2 aromatic rings. The molecule has 1 fully saturated rings. The monoisotopic (exact) mass is 233 g/mol. The van der Waals surface area contributed by atoms with E-state index in [2.05, 4.69) is 18.2 Å². The van der Waals surface area contributed by atoms with Crippen molar-refractivity contribution in [2.45, 2.75) is 11.8 Å². The topological polar surface area (TPSA) is 33.0 Å². The number of benzene rings is 2. The fraction of sp³-hybridized carbons (Fsp3) is 0.188. The number of nitrogens with zero attached hydrogens (tertiary/aromatic N) is 1. The van der Waals surface area contributed by atoms with Crippen molar-refractivity contribution in [3.8, 4) is 17.6 Å². The molecule has 1 saturated carbocycles. The van der Waals surface area contributed by atoms with E-state index < -0.39 is 0 Å². The molecule has 0 radical (unpaired) electrons. The molecular weight excluding hydrogens is 222 g/mol. The zero-order chi connectivity index (χ0) is 12.2. The van der Waals surface area contributed by atoms with Gasteiger partial charge in [0.2, 0.25) is 0 Å². The van der Waals surface area contributed by atoms with Crippen molar-refractivity contribution in [3.05, 3.63) is 59.7 Å². The molecule has 18 heavy (non-hydrogen) atoms. The van der Waals surface area contributed by atoms with E-state index in [1.165, 1.54) is 0 Å². The Bertz CT molecular complexity index is 638. The lowest BCUT2D eigenvalue weighted by atomic mass is 9.83. The highest BCUT2D eigenvalue weighted by Gasteiger charge is 2.60. The van der Waals surface area contributed by atoms with Gasteiger partial charge in [-0.1, -0.05) is 36.4 Å². The molecule has 0 saturated heterocycles. The fourth-order valence-corrected chi connectivity index (χ4v) is 3.13. The van der Waals surface area contributed by atoms with E-state index in [1.807, 2.05) is 36.4 Å². The molecular formula is C16H11NO. The molecule has 1 unspecified atom stereocenters. The summed E-state index contributed by atoms with van der Waals surface area (Å²) in [5, 5.41) is 9.28. The van der Waals surface area contributed by atoms with E-state index in [-0.39, 0.29) is 11.3 Å². The largest absolute Gasteiger partial charge is 0.457 e. The van der Waals surface area contributed by atoms with Crippen LogP contribution in [0.4, 0.5) is 0 Å². The van der Waals surface area contributed by atoms with Crippen molar-refractivity contribution in [1.82, 2.24) is 0 Å². The first-order valence-electron chi connectivity index (χ1n) is 6.13. The van der Waals surface area contributed by atoms with E-state index in [0.717, 1.165) is 29.0 Å². The summed E-state index contributed by atoms with van der Waals surface area (Å²) in [4.78, 5) is 0. The lowest BCUT2D eigenvalue weighted by Gasteiger charge is -2.28. The van der Waals surface area contributed by atoms with E-state index in [0.29, 0.717) is 0 Å². The number of fused-ring (bicyclic) bond motifs is 4. The summed E-state index contributed by atoms with van der Waals surface area (Å²) in [6.45, 7) is 0. The van der Waals surface area contributed by atoms with Crippen molar-refractivity contribution in [1.29, 1.82) is 5.26 Å².